The first-order valence-electron chi connectivity index (χ1n) is 7.75. The first-order chi connectivity index (χ1) is 11.4. The number of benzene rings is 2. The molecule has 1 aliphatic rings. The summed E-state index contributed by atoms with van der Waals surface area (Å²) >= 11 is 0. The number of hydrogen-bond donors (Lipinski definition) is 0. The number of amides is 1. The zero-order valence-electron chi connectivity index (χ0n) is 13.1. The summed E-state index contributed by atoms with van der Waals surface area (Å²) in [7, 11) is -3.11. The fraction of sp³-hybridized carbons (Fsp3) is 0.278. The smallest absolute Gasteiger partial charge is 0.254 e. The predicted molar refractivity (Wildman–Crippen MR) is 89.8 cm³/mol. The molecule has 3 rings (SSSR count). The zero-order valence-corrected chi connectivity index (χ0v) is 13.9. The van der Waals surface area contributed by atoms with Crippen LogP contribution in [0.2, 0.25) is 0 Å². The minimum absolute atomic E-state index is 0.0211. The Kier molecular flexibility index (Phi) is 4.66. The van der Waals surface area contributed by atoms with Gasteiger partial charge in [0.05, 0.1) is 11.5 Å². The van der Waals surface area contributed by atoms with E-state index in [2.05, 4.69) is 0 Å². The summed E-state index contributed by atoms with van der Waals surface area (Å²) in [6.07, 6.45) is 0.433. The van der Waals surface area contributed by atoms with Crippen molar-refractivity contribution < 1.29 is 17.6 Å². The van der Waals surface area contributed by atoms with Gasteiger partial charge in [-0.05, 0) is 36.2 Å². The fourth-order valence-corrected chi connectivity index (χ4v) is 4.66. The van der Waals surface area contributed by atoms with Gasteiger partial charge in [0.2, 0.25) is 0 Å². The molecule has 126 valence electrons. The molecule has 4 nitrogen and oxygen atoms in total. The van der Waals surface area contributed by atoms with E-state index in [1.807, 2.05) is 30.3 Å². The molecule has 1 saturated heterocycles. The first kappa shape index (κ1) is 16.6. The summed E-state index contributed by atoms with van der Waals surface area (Å²) in [4.78, 5) is 14.5. The Morgan fingerprint density at radius 2 is 1.75 bits per heavy atom. The third-order valence-corrected chi connectivity index (χ3v) is 5.95. The number of hydrogen-bond acceptors (Lipinski definition) is 3. The Bertz CT molecular complexity index is 819. The van der Waals surface area contributed by atoms with Crippen molar-refractivity contribution in [1.29, 1.82) is 0 Å². The summed E-state index contributed by atoms with van der Waals surface area (Å²) < 4.78 is 36.7. The lowest BCUT2D eigenvalue weighted by atomic mass is 10.1. The average Bonchev–Trinajstić information content (AvgIpc) is 2.93. The predicted octanol–water partition coefficient (Wildman–Crippen LogP) is 2.66. The van der Waals surface area contributed by atoms with Gasteiger partial charge in [-0.1, -0.05) is 30.3 Å². The van der Waals surface area contributed by atoms with Crippen molar-refractivity contribution in [3.05, 3.63) is 71.5 Å². The molecular weight excluding hydrogens is 329 g/mol. The van der Waals surface area contributed by atoms with Crippen LogP contribution in [0.4, 0.5) is 4.39 Å². The maximum atomic E-state index is 13.1. The number of sulfone groups is 1. The Morgan fingerprint density at radius 3 is 2.33 bits per heavy atom. The van der Waals surface area contributed by atoms with Crippen molar-refractivity contribution in [2.24, 2.45) is 0 Å². The lowest BCUT2D eigenvalue weighted by Gasteiger charge is -2.28. The molecule has 0 N–H and O–H groups in total. The van der Waals surface area contributed by atoms with Gasteiger partial charge < -0.3 is 4.90 Å². The molecule has 0 aromatic heterocycles. The summed E-state index contributed by atoms with van der Waals surface area (Å²) in [6.45, 7) is 0.331. The van der Waals surface area contributed by atoms with Crippen molar-refractivity contribution in [3.63, 3.8) is 0 Å². The van der Waals surface area contributed by atoms with Crippen LogP contribution < -0.4 is 0 Å². The molecule has 2 aromatic rings. The molecule has 0 saturated carbocycles. The first-order valence-corrected chi connectivity index (χ1v) is 9.58. The molecule has 0 radical (unpaired) electrons. The van der Waals surface area contributed by atoms with Gasteiger partial charge >= 0.3 is 0 Å². The van der Waals surface area contributed by atoms with Crippen LogP contribution in [0.5, 0.6) is 0 Å². The summed E-state index contributed by atoms with van der Waals surface area (Å²) in [5, 5.41) is 0. The number of carbonyl (C=O) groups is 1. The molecule has 0 bridgehead atoms. The molecular formula is C18H18FNO3S. The standard InChI is InChI=1S/C18H18FNO3S/c19-16-8-6-15(7-9-16)18(21)20(12-14-4-2-1-3-5-14)17-10-11-24(22,23)13-17/h1-9,17H,10-13H2. The van der Waals surface area contributed by atoms with Crippen LogP contribution in [-0.4, -0.2) is 36.8 Å². The monoisotopic (exact) mass is 347 g/mol. The van der Waals surface area contributed by atoms with Crippen molar-refractivity contribution in [2.45, 2.75) is 19.0 Å². The van der Waals surface area contributed by atoms with Crippen LogP contribution in [0.1, 0.15) is 22.3 Å². The molecule has 0 spiro atoms. The van der Waals surface area contributed by atoms with Crippen molar-refractivity contribution >= 4 is 15.7 Å². The van der Waals surface area contributed by atoms with E-state index < -0.39 is 15.7 Å². The topological polar surface area (TPSA) is 54.5 Å². The van der Waals surface area contributed by atoms with Crippen LogP contribution >= 0.6 is 0 Å². The van der Waals surface area contributed by atoms with E-state index in [1.54, 1.807) is 4.90 Å². The van der Waals surface area contributed by atoms with Crippen LogP contribution in [0.15, 0.2) is 54.6 Å². The number of rotatable bonds is 4. The molecule has 24 heavy (non-hydrogen) atoms. The Labute approximate surface area is 140 Å². The Balaban J connectivity index is 1.89. The van der Waals surface area contributed by atoms with Crippen LogP contribution in [0.25, 0.3) is 0 Å². The molecule has 1 aliphatic heterocycles. The van der Waals surface area contributed by atoms with Gasteiger partial charge in [-0.2, -0.15) is 0 Å². The highest BCUT2D eigenvalue weighted by Crippen LogP contribution is 2.22. The van der Waals surface area contributed by atoms with E-state index in [4.69, 9.17) is 0 Å². The van der Waals surface area contributed by atoms with Gasteiger partial charge in [0.1, 0.15) is 5.82 Å². The highest BCUT2D eigenvalue weighted by Gasteiger charge is 2.35. The third-order valence-electron chi connectivity index (χ3n) is 4.20. The molecule has 1 unspecified atom stereocenters. The molecule has 2 aromatic carbocycles. The summed E-state index contributed by atoms with van der Waals surface area (Å²) in [5.41, 5.74) is 1.29. The second-order valence-corrected chi connectivity index (χ2v) is 8.21. The molecule has 1 amide bonds. The Hall–Kier alpha value is -2.21. The van der Waals surface area contributed by atoms with E-state index >= 15 is 0 Å². The van der Waals surface area contributed by atoms with Gasteiger partial charge in [-0.25, -0.2) is 12.8 Å². The lowest BCUT2D eigenvalue weighted by molar-refractivity contribution is 0.0681. The maximum absolute atomic E-state index is 13.1. The highest BCUT2D eigenvalue weighted by molar-refractivity contribution is 7.91. The van der Waals surface area contributed by atoms with E-state index in [-0.39, 0.29) is 23.5 Å². The second kappa shape index (κ2) is 6.73. The van der Waals surface area contributed by atoms with Crippen molar-refractivity contribution in [1.82, 2.24) is 4.90 Å². The van der Waals surface area contributed by atoms with Crippen LogP contribution in [0, 0.1) is 5.82 Å². The van der Waals surface area contributed by atoms with E-state index in [1.165, 1.54) is 24.3 Å². The summed E-state index contributed by atoms with van der Waals surface area (Å²) in [6, 6.07) is 14.4. The minimum atomic E-state index is -3.11. The van der Waals surface area contributed by atoms with Crippen LogP contribution in [-0.2, 0) is 16.4 Å². The van der Waals surface area contributed by atoms with Gasteiger partial charge in [0, 0.05) is 18.2 Å². The third kappa shape index (κ3) is 3.82. The average molecular weight is 347 g/mol. The number of nitrogens with zero attached hydrogens (tertiary/aromatic N) is 1. The van der Waals surface area contributed by atoms with Gasteiger partial charge in [-0.15, -0.1) is 0 Å². The van der Waals surface area contributed by atoms with Crippen molar-refractivity contribution in [3.8, 4) is 0 Å². The summed E-state index contributed by atoms with van der Waals surface area (Å²) in [5.74, 6) is -0.613. The number of carbonyl (C=O) groups excluding carboxylic acids is 1. The SMILES string of the molecule is O=C(c1ccc(F)cc1)N(Cc1ccccc1)C1CCS(=O)(=O)C1. The maximum Gasteiger partial charge on any atom is 0.254 e. The molecule has 1 fully saturated rings. The van der Waals surface area contributed by atoms with Gasteiger partial charge in [0.15, 0.2) is 9.84 Å². The van der Waals surface area contributed by atoms with E-state index in [9.17, 15) is 17.6 Å². The molecule has 6 heteroatoms. The fourth-order valence-electron chi connectivity index (χ4n) is 2.93. The zero-order chi connectivity index (χ0) is 17.2. The normalized spacial score (nSPS) is 19.1. The Morgan fingerprint density at radius 1 is 1.08 bits per heavy atom. The van der Waals surface area contributed by atoms with Crippen LogP contribution in [0.3, 0.4) is 0 Å². The number of halogens is 1. The quantitative estimate of drug-likeness (QED) is 0.854. The molecule has 1 heterocycles. The van der Waals surface area contributed by atoms with Gasteiger partial charge in [0.25, 0.3) is 5.91 Å². The van der Waals surface area contributed by atoms with E-state index in [0.29, 0.717) is 18.5 Å². The molecule has 0 aliphatic carbocycles. The second-order valence-electron chi connectivity index (χ2n) is 5.98. The minimum Gasteiger partial charge on any atom is -0.330 e. The molecule has 1 atom stereocenters. The van der Waals surface area contributed by atoms with E-state index in [0.717, 1.165) is 5.56 Å². The highest BCUT2D eigenvalue weighted by atomic mass is 32.2. The largest absolute Gasteiger partial charge is 0.330 e. The van der Waals surface area contributed by atoms with Crippen molar-refractivity contribution in [2.75, 3.05) is 11.5 Å². The lowest BCUT2D eigenvalue weighted by Crippen LogP contribution is -2.40. The van der Waals surface area contributed by atoms with Gasteiger partial charge in [-0.3, -0.25) is 4.79 Å².